The Morgan fingerprint density at radius 2 is 2.24 bits per heavy atom. The number of fused-ring (bicyclic) bond motifs is 1. The summed E-state index contributed by atoms with van der Waals surface area (Å²) in [6.07, 6.45) is 8.94. The van der Waals surface area contributed by atoms with Gasteiger partial charge in [-0.25, -0.2) is 0 Å². The van der Waals surface area contributed by atoms with E-state index in [9.17, 15) is 0 Å². The number of rotatable bonds is 2. The Bertz CT molecular complexity index is 524. The van der Waals surface area contributed by atoms with E-state index >= 15 is 0 Å². The number of allylic oxidation sites excluding steroid dienone is 4. The highest BCUT2D eigenvalue weighted by molar-refractivity contribution is 6.00. The van der Waals surface area contributed by atoms with Gasteiger partial charge in [-0.15, -0.1) is 0 Å². The van der Waals surface area contributed by atoms with Crippen molar-refractivity contribution < 1.29 is 0 Å². The number of nitrogens with one attached hydrogen (secondary N) is 2. The van der Waals surface area contributed by atoms with Crippen LogP contribution in [0.15, 0.2) is 42.0 Å². The van der Waals surface area contributed by atoms with Gasteiger partial charge in [-0.3, -0.25) is 0 Å². The van der Waals surface area contributed by atoms with E-state index in [1.807, 2.05) is 6.08 Å². The average Bonchev–Trinajstić information content (AvgIpc) is 2.81. The maximum absolute atomic E-state index is 7.95. The zero-order valence-electron chi connectivity index (χ0n) is 9.79. The van der Waals surface area contributed by atoms with Crippen LogP contribution in [-0.4, -0.2) is 12.3 Å². The third-order valence-electron chi connectivity index (χ3n) is 3.46. The molecule has 2 nitrogen and oxygen atoms in total. The standard InChI is InChI=1S/C15H16N2/c16-14-7-2-1-4-12(14)10-13-6-3-5-11-8-9-17-15(11)13/h1-6,16-17H,7-10H2. The number of hydrogen-bond acceptors (Lipinski definition) is 2. The average molecular weight is 224 g/mol. The Morgan fingerprint density at radius 1 is 1.29 bits per heavy atom. The van der Waals surface area contributed by atoms with Gasteiger partial charge < -0.3 is 10.7 Å². The lowest BCUT2D eigenvalue weighted by Crippen LogP contribution is -2.07. The van der Waals surface area contributed by atoms with Gasteiger partial charge in [-0.05, 0) is 23.1 Å². The van der Waals surface area contributed by atoms with Crippen molar-refractivity contribution in [2.75, 3.05) is 11.9 Å². The first-order valence-corrected chi connectivity index (χ1v) is 6.13. The number of anilines is 1. The van der Waals surface area contributed by atoms with Crippen molar-refractivity contribution in [1.29, 1.82) is 5.41 Å². The summed E-state index contributed by atoms with van der Waals surface area (Å²) in [6, 6.07) is 6.49. The molecule has 3 rings (SSSR count). The highest BCUT2D eigenvalue weighted by Gasteiger charge is 2.15. The highest BCUT2D eigenvalue weighted by atomic mass is 14.9. The quantitative estimate of drug-likeness (QED) is 0.795. The molecule has 1 aliphatic heterocycles. The van der Waals surface area contributed by atoms with Crippen LogP contribution in [0, 0.1) is 5.41 Å². The molecule has 0 unspecified atom stereocenters. The number of hydrogen-bond donors (Lipinski definition) is 2. The molecule has 0 atom stereocenters. The van der Waals surface area contributed by atoms with E-state index in [4.69, 9.17) is 5.41 Å². The van der Waals surface area contributed by atoms with Crippen LogP contribution in [0.1, 0.15) is 17.5 Å². The minimum absolute atomic E-state index is 0.753. The van der Waals surface area contributed by atoms with Gasteiger partial charge in [-0.2, -0.15) is 0 Å². The van der Waals surface area contributed by atoms with Gasteiger partial charge in [0.25, 0.3) is 0 Å². The molecule has 2 heteroatoms. The third kappa shape index (κ3) is 1.91. The first-order valence-electron chi connectivity index (χ1n) is 6.13. The molecule has 1 heterocycles. The molecule has 2 N–H and O–H groups in total. The van der Waals surface area contributed by atoms with Crippen molar-refractivity contribution in [2.24, 2.45) is 0 Å². The molecular formula is C15H16N2. The van der Waals surface area contributed by atoms with Crippen LogP contribution in [0.3, 0.4) is 0 Å². The van der Waals surface area contributed by atoms with Crippen LogP contribution < -0.4 is 5.32 Å². The van der Waals surface area contributed by atoms with Crippen molar-refractivity contribution in [2.45, 2.75) is 19.3 Å². The molecule has 0 aromatic heterocycles. The van der Waals surface area contributed by atoms with Crippen LogP contribution in [0.2, 0.25) is 0 Å². The van der Waals surface area contributed by atoms with E-state index in [1.165, 1.54) is 16.8 Å². The lowest BCUT2D eigenvalue weighted by molar-refractivity contribution is 1.11. The summed E-state index contributed by atoms with van der Waals surface area (Å²) in [6.45, 7) is 1.04. The zero-order valence-corrected chi connectivity index (χ0v) is 9.79. The van der Waals surface area contributed by atoms with Gasteiger partial charge in [0.15, 0.2) is 0 Å². The summed E-state index contributed by atoms with van der Waals surface area (Å²) in [5.74, 6) is 0. The normalized spacial score (nSPS) is 17.6. The smallest absolute Gasteiger partial charge is 0.0409 e. The Kier molecular flexibility index (Phi) is 2.56. The van der Waals surface area contributed by atoms with E-state index in [-0.39, 0.29) is 0 Å². The lowest BCUT2D eigenvalue weighted by atomic mass is 9.94. The van der Waals surface area contributed by atoms with Crippen molar-refractivity contribution in [1.82, 2.24) is 0 Å². The number of benzene rings is 1. The van der Waals surface area contributed by atoms with E-state index < -0.39 is 0 Å². The monoisotopic (exact) mass is 224 g/mol. The third-order valence-corrected chi connectivity index (χ3v) is 3.46. The molecule has 1 aliphatic carbocycles. The molecule has 0 fully saturated rings. The topological polar surface area (TPSA) is 35.9 Å². The summed E-state index contributed by atoms with van der Waals surface area (Å²) in [4.78, 5) is 0. The summed E-state index contributed by atoms with van der Waals surface area (Å²) in [5.41, 5.74) is 5.95. The summed E-state index contributed by atoms with van der Waals surface area (Å²) in [7, 11) is 0. The maximum atomic E-state index is 7.95. The van der Waals surface area contributed by atoms with Crippen molar-refractivity contribution in [3.63, 3.8) is 0 Å². The molecule has 0 spiro atoms. The lowest BCUT2D eigenvalue weighted by Gasteiger charge is -2.13. The van der Waals surface area contributed by atoms with Crippen molar-refractivity contribution in [3.8, 4) is 0 Å². The second kappa shape index (κ2) is 4.21. The minimum atomic E-state index is 0.753. The number of para-hydroxylation sites is 1. The summed E-state index contributed by atoms with van der Waals surface area (Å²) in [5, 5.41) is 11.4. The van der Waals surface area contributed by atoms with Crippen LogP contribution in [0.4, 0.5) is 5.69 Å². The zero-order chi connectivity index (χ0) is 11.7. The molecule has 17 heavy (non-hydrogen) atoms. The first kappa shape index (κ1) is 10.3. The molecule has 1 aromatic carbocycles. The Labute approximate surface area is 102 Å². The van der Waals surface area contributed by atoms with Crippen molar-refractivity contribution in [3.05, 3.63) is 53.1 Å². The van der Waals surface area contributed by atoms with Gasteiger partial charge >= 0.3 is 0 Å². The van der Waals surface area contributed by atoms with Crippen LogP contribution >= 0.6 is 0 Å². The maximum Gasteiger partial charge on any atom is 0.0409 e. The highest BCUT2D eigenvalue weighted by Crippen LogP contribution is 2.28. The largest absolute Gasteiger partial charge is 0.384 e. The van der Waals surface area contributed by atoms with Gasteiger partial charge in [0.1, 0.15) is 0 Å². The van der Waals surface area contributed by atoms with Gasteiger partial charge in [0, 0.05) is 30.8 Å². The molecule has 0 radical (unpaired) electrons. The molecule has 0 bridgehead atoms. The molecule has 86 valence electrons. The fourth-order valence-corrected chi connectivity index (χ4v) is 2.53. The SMILES string of the molecule is N=C1CC=CC=C1Cc1cccc2c1NCC2. The summed E-state index contributed by atoms with van der Waals surface area (Å²) >= 11 is 0. The molecule has 0 saturated carbocycles. The molecule has 1 aromatic rings. The molecule has 2 aliphatic rings. The Hall–Kier alpha value is -1.83. The second-order valence-corrected chi connectivity index (χ2v) is 4.61. The fourth-order valence-electron chi connectivity index (χ4n) is 2.53. The van der Waals surface area contributed by atoms with E-state index in [1.54, 1.807) is 0 Å². The van der Waals surface area contributed by atoms with Crippen molar-refractivity contribution >= 4 is 11.4 Å². The van der Waals surface area contributed by atoms with E-state index in [2.05, 4.69) is 35.7 Å². The Balaban J connectivity index is 1.91. The Morgan fingerprint density at radius 3 is 3.12 bits per heavy atom. The molecule has 0 saturated heterocycles. The minimum Gasteiger partial charge on any atom is -0.384 e. The van der Waals surface area contributed by atoms with Crippen LogP contribution in [-0.2, 0) is 12.8 Å². The van der Waals surface area contributed by atoms with Gasteiger partial charge in [0.2, 0.25) is 0 Å². The molecule has 0 amide bonds. The van der Waals surface area contributed by atoms with Gasteiger partial charge in [-0.1, -0.05) is 36.4 Å². The molecular weight excluding hydrogens is 208 g/mol. The first-order chi connectivity index (χ1) is 8.34. The summed E-state index contributed by atoms with van der Waals surface area (Å²) < 4.78 is 0. The van der Waals surface area contributed by atoms with Gasteiger partial charge in [0.05, 0.1) is 0 Å². The van der Waals surface area contributed by atoms with E-state index in [0.29, 0.717) is 0 Å². The predicted molar refractivity (Wildman–Crippen MR) is 71.9 cm³/mol. The van der Waals surface area contributed by atoms with E-state index in [0.717, 1.165) is 37.1 Å². The van der Waals surface area contributed by atoms with Crippen LogP contribution in [0.25, 0.3) is 0 Å². The van der Waals surface area contributed by atoms with Crippen LogP contribution in [0.5, 0.6) is 0 Å². The predicted octanol–water partition coefficient (Wildman–Crippen LogP) is 3.10. The second-order valence-electron chi connectivity index (χ2n) is 4.61. The fraction of sp³-hybridized carbons (Fsp3) is 0.267.